The molecule has 7 atom stereocenters. The molecule has 0 radical (unpaired) electrons. The Balaban J connectivity index is 0.969. The average molecular weight is 1160 g/mol. The minimum absolute atomic E-state index is 0.0341. The van der Waals surface area contributed by atoms with Gasteiger partial charge in [-0.25, -0.2) is 29.1 Å². The normalized spacial score (nSPS) is 21.7. The Hall–Kier alpha value is -6.59. The van der Waals surface area contributed by atoms with E-state index in [-0.39, 0.29) is 37.9 Å². The Bertz CT molecular complexity index is 3330. The lowest BCUT2D eigenvalue weighted by Crippen LogP contribution is -2.61. The summed E-state index contributed by atoms with van der Waals surface area (Å²) >= 11 is 8.74. The predicted molar refractivity (Wildman–Crippen MR) is 308 cm³/mol. The number of carbonyl (C=O) groups excluding carboxylic acids is 1. The second-order valence-electron chi connectivity index (χ2n) is 21.4. The average Bonchev–Trinajstić information content (AvgIpc) is 3.79. The SMILES string of the molecule is CO[C@H]1O[C@H](COc2ccc(-c3nccc(COc4ccc5cc4C[C@H](C(=O)OC(C)(C)C)Oc4ncnc6sc(-c7ccc(F)cc7)c(c46)-c4ccc(c(Cl)c4C)O[C@H](CN4CCN(C)CC4)CO5)n3)cc2)[C@@H](OC)[C@H](OC)[C@@H]1OC. The van der Waals surface area contributed by atoms with Gasteiger partial charge < -0.3 is 57.0 Å². The standard InChI is InChI=1S/C61H68ClFN6O12S/c1-35-44-19-21-46(51(35)62)78-43(30-69-26-24-68(5)25-27-69)32-75-42-18-20-45(38(28-42)29-47(59(70)81-61(2,3)4)79-57-50-49(44)55(82-58(50)66-34-65-57)36-10-14-39(63)15-11-36)77-31-40-22-23-64-56(67-40)37-12-16-41(17-13-37)76-33-48-52(71-6)53(72-7)54(73-8)60(74-9)80-48/h10-23,28,34,43,47-48,52-54,60H,24-27,29-33H2,1-9H3/t43-,47-,48-,52-,53+,54+,60+/m1/s1. The zero-order chi connectivity index (χ0) is 57.7. The van der Waals surface area contributed by atoms with Crippen molar-refractivity contribution in [2.24, 2.45) is 0 Å². The van der Waals surface area contributed by atoms with Crippen LogP contribution in [-0.2, 0) is 46.2 Å². The maximum Gasteiger partial charge on any atom is 0.348 e. The number of ether oxygens (including phenoxy) is 11. The van der Waals surface area contributed by atoms with Crippen LogP contribution in [0, 0.1) is 12.7 Å². The summed E-state index contributed by atoms with van der Waals surface area (Å²) in [6, 6.07) is 24.8. The maximum atomic E-state index is 14.6. The van der Waals surface area contributed by atoms with E-state index < -0.39 is 54.5 Å². The molecule has 2 saturated heterocycles. The van der Waals surface area contributed by atoms with E-state index >= 15 is 0 Å². The van der Waals surface area contributed by atoms with E-state index in [1.54, 1.807) is 73.6 Å². The summed E-state index contributed by atoms with van der Waals surface area (Å²) in [5.74, 6) is 1.63. The van der Waals surface area contributed by atoms with Crippen molar-refractivity contribution in [1.82, 2.24) is 29.7 Å². The van der Waals surface area contributed by atoms with Gasteiger partial charge in [0.15, 0.2) is 12.1 Å². The molecule has 2 fully saturated rings. The van der Waals surface area contributed by atoms with Gasteiger partial charge in [-0.3, -0.25) is 4.90 Å². The van der Waals surface area contributed by atoms with Crippen LogP contribution in [0.2, 0.25) is 5.02 Å². The molecule has 21 heteroatoms. The highest BCUT2D eigenvalue weighted by atomic mass is 35.5. The fourth-order valence-electron chi connectivity index (χ4n) is 10.4. The smallest absolute Gasteiger partial charge is 0.348 e. The van der Waals surface area contributed by atoms with E-state index in [1.807, 2.05) is 61.5 Å². The van der Waals surface area contributed by atoms with Gasteiger partial charge in [0.05, 0.1) is 16.1 Å². The fourth-order valence-corrected chi connectivity index (χ4v) is 11.7. The van der Waals surface area contributed by atoms with Gasteiger partial charge in [-0.15, -0.1) is 11.3 Å². The van der Waals surface area contributed by atoms with Crippen LogP contribution in [-0.4, -0.2) is 166 Å². The molecule has 434 valence electrons. The van der Waals surface area contributed by atoms with Crippen molar-refractivity contribution in [2.75, 3.05) is 81.4 Å². The molecule has 4 aliphatic rings. The van der Waals surface area contributed by atoms with Crippen LogP contribution in [0.5, 0.6) is 28.9 Å². The molecule has 7 aromatic rings. The Morgan fingerprint density at radius 1 is 0.829 bits per heavy atom. The summed E-state index contributed by atoms with van der Waals surface area (Å²) in [5, 5.41) is 0.951. The number of fused-ring (bicyclic) bond motifs is 7. The number of halogens is 2. The Kier molecular flexibility index (Phi) is 18.5. The zero-order valence-electron chi connectivity index (χ0n) is 47.4. The first kappa shape index (κ1) is 58.6. The van der Waals surface area contributed by atoms with Gasteiger partial charge >= 0.3 is 5.97 Å². The number of hydrogen-bond donors (Lipinski definition) is 0. The van der Waals surface area contributed by atoms with Crippen molar-refractivity contribution in [3.8, 4) is 61.8 Å². The number of thiophene rings is 1. The summed E-state index contributed by atoms with van der Waals surface area (Å²) < 4.78 is 82.7. The minimum atomic E-state index is -1.27. The Morgan fingerprint density at radius 3 is 2.29 bits per heavy atom. The van der Waals surface area contributed by atoms with E-state index in [0.29, 0.717) is 67.4 Å². The molecule has 11 rings (SSSR count). The van der Waals surface area contributed by atoms with E-state index in [0.717, 1.165) is 53.3 Å². The Morgan fingerprint density at radius 2 is 1.57 bits per heavy atom. The van der Waals surface area contributed by atoms with E-state index in [9.17, 15) is 9.18 Å². The van der Waals surface area contributed by atoms with Crippen molar-refractivity contribution in [2.45, 2.75) is 89.2 Å². The van der Waals surface area contributed by atoms with E-state index in [1.165, 1.54) is 29.8 Å². The number of aromatic nitrogens is 4. The highest BCUT2D eigenvalue weighted by Crippen LogP contribution is 2.50. The third-order valence-electron chi connectivity index (χ3n) is 14.6. The van der Waals surface area contributed by atoms with Crippen LogP contribution in [0.15, 0.2) is 97.5 Å². The van der Waals surface area contributed by atoms with Gasteiger partial charge in [0.2, 0.25) is 12.0 Å². The van der Waals surface area contributed by atoms with Crippen LogP contribution in [0.25, 0.3) is 43.2 Å². The van der Waals surface area contributed by atoms with Gasteiger partial charge in [-0.05, 0) is 118 Å². The van der Waals surface area contributed by atoms with E-state index in [2.05, 4.69) is 21.8 Å². The van der Waals surface area contributed by atoms with Gasteiger partial charge in [-0.2, -0.15) is 0 Å². The van der Waals surface area contributed by atoms with Crippen molar-refractivity contribution in [1.29, 1.82) is 0 Å². The zero-order valence-corrected chi connectivity index (χ0v) is 49.0. The molecule has 4 bridgehead atoms. The Labute approximate surface area is 485 Å². The molecule has 4 aromatic carbocycles. The molecule has 0 aliphatic carbocycles. The van der Waals surface area contributed by atoms with Gasteiger partial charge in [0.25, 0.3) is 0 Å². The first-order valence-electron chi connectivity index (χ1n) is 27.1. The van der Waals surface area contributed by atoms with Crippen LogP contribution < -0.4 is 23.7 Å². The summed E-state index contributed by atoms with van der Waals surface area (Å²) in [6.45, 7) is 11.8. The van der Waals surface area contributed by atoms with Crippen LogP contribution in [0.3, 0.4) is 0 Å². The molecule has 82 heavy (non-hydrogen) atoms. The largest absolute Gasteiger partial charge is 0.491 e. The number of piperazine rings is 1. The first-order chi connectivity index (χ1) is 39.6. The van der Waals surface area contributed by atoms with Crippen LogP contribution in [0.4, 0.5) is 4.39 Å². The maximum absolute atomic E-state index is 14.6. The molecule has 0 spiro atoms. The summed E-state index contributed by atoms with van der Waals surface area (Å²) in [4.78, 5) is 39.5. The van der Waals surface area contributed by atoms with Crippen molar-refractivity contribution in [3.63, 3.8) is 0 Å². The molecule has 18 nitrogen and oxygen atoms in total. The van der Waals surface area contributed by atoms with Gasteiger partial charge in [-0.1, -0.05) is 29.8 Å². The highest BCUT2D eigenvalue weighted by Gasteiger charge is 2.48. The molecular weight excluding hydrogens is 1100 g/mol. The monoisotopic (exact) mass is 1160 g/mol. The van der Waals surface area contributed by atoms with E-state index in [4.69, 9.17) is 78.7 Å². The predicted octanol–water partition coefficient (Wildman–Crippen LogP) is 9.68. The topological polar surface area (TPSA) is 177 Å². The second-order valence-corrected chi connectivity index (χ2v) is 22.7. The second kappa shape index (κ2) is 25.9. The quantitative estimate of drug-likeness (QED) is 0.0886. The summed E-state index contributed by atoms with van der Waals surface area (Å²) in [5.41, 5.74) is 3.95. The number of rotatable bonds is 15. The highest BCUT2D eigenvalue weighted by molar-refractivity contribution is 7.22. The molecule has 0 amide bonds. The molecule has 0 saturated carbocycles. The van der Waals surface area contributed by atoms with Gasteiger partial charge in [0.1, 0.15) is 95.9 Å². The first-order valence-corrected chi connectivity index (χ1v) is 28.3. The number of hydrogen-bond acceptors (Lipinski definition) is 19. The number of likely N-dealkylation sites (N-methyl/N-ethyl adjacent to an activating group) is 1. The number of nitrogens with zero attached hydrogens (tertiary/aromatic N) is 6. The number of carbonyl (C=O) groups is 1. The third kappa shape index (κ3) is 13.4. The lowest BCUT2D eigenvalue weighted by Gasteiger charge is -2.44. The molecule has 4 aliphatic heterocycles. The lowest BCUT2D eigenvalue weighted by molar-refractivity contribution is -0.305. The number of methoxy groups -OCH3 is 4. The number of esters is 1. The lowest BCUT2D eigenvalue weighted by atomic mass is 9.96. The minimum Gasteiger partial charge on any atom is -0.491 e. The van der Waals surface area contributed by atoms with Crippen molar-refractivity contribution in [3.05, 3.63) is 125 Å². The molecule has 0 unspecified atom stereocenters. The van der Waals surface area contributed by atoms with Crippen LogP contribution >= 0.6 is 22.9 Å². The van der Waals surface area contributed by atoms with Crippen molar-refractivity contribution < 1.29 is 61.3 Å². The molecule has 7 heterocycles. The number of benzene rings is 4. The summed E-state index contributed by atoms with van der Waals surface area (Å²) in [6.07, 6.45) is -1.30. The summed E-state index contributed by atoms with van der Waals surface area (Å²) in [7, 11) is 8.44. The van der Waals surface area contributed by atoms with Crippen LogP contribution in [0.1, 0.15) is 37.6 Å². The molecule has 3 aromatic heterocycles. The van der Waals surface area contributed by atoms with Crippen molar-refractivity contribution >= 4 is 39.1 Å². The fraction of sp³-hybridized carbons (Fsp3) is 0.426. The van der Waals surface area contributed by atoms with Gasteiger partial charge in [0, 0.05) is 95.3 Å². The molecule has 0 N–H and O–H groups in total. The third-order valence-corrected chi connectivity index (χ3v) is 16.2. The molecular formula is C61H68ClFN6O12S.